The van der Waals surface area contributed by atoms with Gasteiger partial charge < -0.3 is 24.8 Å². The fraction of sp³-hybridized carbons (Fsp3) is 0.333. The zero-order valence-electron chi connectivity index (χ0n) is 18.3. The molecule has 9 heteroatoms. The van der Waals surface area contributed by atoms with Gasteiger partial charge in [-0.2, -0.15) is 0 Å². The Morgan fingerprint density at radius 2 is 2.09 bits per heavy atom. The van der Waals surface area contributed by atoms with Crippen molar-refractivity contribution in [3.05, 3.63) is 56.9 Å². The second-order valence-electron chi connectivity index (χ2n) is 8.40. The van der Waals surface area contributed by atoms with Gasteiger partial charge in [0.05, 0.1) is 29.0 Å². The van der Waals surface area contributed by atoms with E-state index in [-0.39, 0.29) is 54.3 Å². The van der Waals surface area contributed by atoms with Gasteiger partial charge in [0.25, 0.3) is 5.56 Å². The van der Waals surface area contributed by atoms with Gasteiger partial charge in [0, 0.05) is 35.5 Å². The van der Waals surface area contributed by atoms with Gasteiger partial charge in [-0.25, -0.2) is 9.78 Å². The van der Waals surface area contributed by atoms with E-state index in [2.05, 4.69) is 5.32 Å². The fourth-order valence-corrected chi connectivity index (χ4v) is 4.73. The molecule has 0 saturated heterocycles. The van der Waals surface area contributed by atoms with Gasteiger partial charge in [0.1, 0.15) is 12.4 Å². The van der Waals surface area contributed by atoms with E-state index in [9.17, 15) is 24.6 Å². The minimum atomic E-state index is -1.87. The Bertz CT molecular complexity index is 1410. The second kappa shape index (κ2) is 7.41. The van der Waals surface area contributed by atoms with E-state index in [0.717, 1.165) is 5.56 Å². The molecule has 1 aromatic carbocycles. The van der Waals surface area contributed by atoms with Crippen molar-refractivity contribution in [1.29, 1.82) is 0 Å². The van der Waals surface area contributed by atoms with Crippen molar-refractivity contribution in [3.8, 4) is 17.1 Å². The molecular weight excluding hydrogens is 426 g/mol. The van der Waals surface area contributed by atoms with Crippen molar-refractivity contribution in [1.82, 2.24) is 14.9 Å². The number of ether oxygens (including phenoxy) is 1. The Labute approximate surface area is 188 Å². The van der Waals surface area contributed by atoms with Crippen LogP contribution in [-0.4, -0.2) is 38.7 Å². The number of aromatic nitrogens is 2. The molecule has 2 aromatic heterocycles. The van der Waals surface area contributed by atoms with Gasteiger partial charge in [-0.05, 0) is 37.1 Å². The number of phenols is 1. The summed E-state index contributed by atoms with van der Waals surface area (Å²) in [4.78, 5) is 42.0. The third-order valence-electron chi connectivity index (χ3n) is 6.66. The van der Waals surface area contributed by atoms with Crippen LogP contribution in [0.25, 0.3) is 22.3 Å². The van der Waals surface area contributed by atoms with E-state index in [1.807, 2.05) is 6.07 Å². The molecule has 3 N–H and O–H groups in total. The average Bonchev–Trinajstić information content (AvgIpc) is 3.17. The highest BCUT2D eigenvalue weighted by Gasteiger charge is 2.45. The normalized spacial score (nSPS) is 18.5. The van der Waals surface area contributed by atoms with Crippen molar-refractivity contribution in [2.24, 2.45) is 0 Å². The van der Waals surface area contributed by atoms with Crippen LogP contribution in [0.15, 0.2) is 29.1 Å². The Hall–Kier alpha value is -3.72. The van der Waals surface area contributed by atoms with Crippen molar-refractivity contribution < 1.29 is 24.5 Å². The van der Waals surface area contributed by atoms with Crippen LogP contribution in [0, 0.1) is 0 Å². The molecule has 4 heterocycles. The molecule has 5 rings (SSSR count). The average molecular weight is 449 g/mol. The fourth-order valence-electron chi connectivity index (χ4n) is 4.73. The lowest BCUT2D eigenvalue weighted by Crippen LogP contribution is -2.44. The van der Waals surface area contributed by atoms with Crippen LogP contribution in [0.1, 0.15) is 42.0 Å². The van der Waals surface area contributed by atoms with Crippen molar-refractivity contribution in [3.63, 3.8) is 0 Å². The lowest BCUT2D eigenvalue weighted by atomic mass is 9.86. The lowest BCUT2D eigenvalue weighted by molar-refractivity contribution is -0.172. The minimum absolute atomic E-state index is 0.0771. The maximum absolute atomic E-state index is 13.3. The zero-order chi connectivity index (χ0) is 23.5. The largest absolute Gasteiger partial charge is 0.508 e. The first-order chi connectivity index (χ1) is 15.8. The molecule has 9 nitrogen and oxygen atoms in total. The number of rotatable bonds is 4. The molecule has 0 radical (unpaired) electrons. The smallest absolute Gasteiger partial charge is 0.343 e. The topological polar surface area (TPSA) is 131 Å². The molecule has 1 atom stereocenters. The predicted molar refractivity (Wildman–Crippen MR) is 119 cm³/mol. The number of carbonyl (C=O) groups is 2. The number of esters is 1. The van der Waals surface area contributed by atoms with Crippen LogP contribution in [0.5, 0.6) is 5.75 Å². The van der Waals surface area contributed by atoms with Crippen LogP contribution in [-0.2, 0) is 39.5 Å². The number of nitrogens with zero attached hydrogens (tertiary/aromatic N) is 2. The molecule has 170 valence electrons. The van der Waals surface area contributed by atoms with E-state index in [1.165, 1.54) is 0 Å². The van der Waals surface area contributed by atoms with E-state index >= 15 is 0 Å². The third kappa shape index (κ3) is 3.03. The van der Waals surface area contributed by atoms with Gasteiger partial charge in [-0.3, -0.25) is 9.59 Å². The van der Waals surface area contributed by atoms with Crippen LogP contribution < -0.4 is 10.9 Å². The van der Waals surface area contributed by atoms with E-state index in [0.29, 0.717) is 34.3 Å². The molecule has 3 aromatic rings. The number of aliphatic hydroxyl groups is 1. The van der Waals surface area contributed by atoms with Gasteiger partial charge in [-0.1, -0.05) is 6.92 Å². The van der Waals surface area contributed by atoms with Crippen LogP contribution >= 0.6 is 0 Å². The maximum atomic E-state index is 13.3. The lowest BCUT2D eigenvalue weighted by Gasteiger charge is -2.31. The Morgan fingerprint density at radius 1 is 1.30 bits per heavy atom. The number of amides is 1. The summed E-state index contributed by atoms with van der Waals surface area (Å²) in [6.45, 7) is 1.75. The number of aromatic hydroxyl groups is 1. The highest BCUT2D eigenvalue weighted by molar-refractivity contribution is 5.90. The second-order valence-corrected chi connectivity index (χ2v) is 8.40. The number of carbonyl (C=O) groups excluding carboxylic acids is 2. The zero-order valence-corrected chi connectivity index (χ0v) is 18.3. The van der Waals surface area contributed by atoms with Gasteiger partial charge in [0.15, 0.2) is 5.60 Å². The summed E-state index contributed by atoms with van der Waals surface area (Å²) in [5, 5.41) is 24.7. The van der Waals surface area contributed by atoms with Crippen molar-refractivity contribution >= 4 is 22.8 Å². The predicted octanol–water partition coefficient (Wildman–Crippen LogP) is 1.46. The highest BCUT2D eigenvalue weighted by Crippen LogP contribution is 2.39. The number of nitrogens with one attached hydrogen (secondary N) is 1. The number of cyclic esters (lactones) is 1. The SMILES string of the molecule is CC[C@@]1(O)C(=O)OCc2c1cc1n(c2=O)Cc2cc3c(CCC(=O)NC)c(O)ccc3nc2-1. The van der Waals surface area contributed by atoms with Crippen LogP contribution in [0.2, 0.25) is 0 Å². The molecule has 2 aliphatic heterocycles. The summed E-state index contributed by atoms with van der Waals surface area (Å²) in [5.74, 6) is -0.812. The number of phenolic OH excluding ortho intramolecular Hbond substituents is 1. The quantitative estimate of drug-likeness (QED) is 0.402. The van der Waals surface area contributed by atoms with E-state index < -0.39 is 11.6 Å². The van der Waals surface area contributed by atoms with Crippen LogP contribution in [0.3, 0.4) is 0 Å². The van der Waals surface area contributed by atoms with Crippen molar-refractivity contribution in [2.45, 2.75) is 44.9 Å². The molecular formula is C24H23N3O6. The number of aryl methyl sites for hydroxylation is 1. The first-order valence-corrected chi connectivity index (χ1v) is 10.8. The molecule has 0 bridgehead atoms. The molecule has 0 unspecified atom stereocenters. The molecule has 0 saturated carbocycles. The maximum Gasteiger partial charge on any atom is 0.343 e. The van der Waals surface area contributed by atoms with Gasteiger partial charge >= 0.3 is 5.97 Å². The summed E-state index contributed by atoms with van der Waals surface area (Å²) < 4.78 is 6.66. The Balaban J connectivity index is 1.68. The summed E-state index contributed by atoms with van der Waals surface area (Å²) in [7, 11) is 1.56. The number of pyridine rings is 2. The Kier molecular flexibility index (Phi) is 4.75. The van der Waals surface area contributed by atoms with Crippen molar-refractivity contribution in [2.75, 3.05) is 7.05 Å². The summed E-state index contributed by atoms with van der Waals surface area (Å²) in [6, 6.07) is 6.78. The summed E-state index contributed by atoms with van der Waals surface area (Å²) in [6.07, 6.45) is 0.636. The highest BCUT2D eigenvalue weighted by atomic mass is 16.6. The van der Waals surface area contributed by atoms with E-state index in [4.69, 9.17) is 9.72 Å². The standard InChI is InChI=1S/C24H23N3O6/c1-3-24(32)16-9-18-21-12(10-27(18)22(30)15(16)11-33-23(24)31)8-14-13(4-7-20(29)25-2)19(28)6-5-17(14)26-21/h5-6,8-9,28,32H,3-4,7,10-11H2,1-2H3,(H,25,29)/t24-/m0/s1. The molecule has 0 spiro atoms. The first kappa shape index (κ1) is 21.1. The number of benzene rings is 1. The monoisotopic (exact) mass is 449 g/mol. The number of hydrogen-bond donors (Lipinski definition) is 3. The molecule has 0 aliphatic carbocycles. The third-order valence-corrected chi connectivity index (χ3v) is 6.66. The molecule has 33 heavy (non-hydrogen) atoms. The van der Waals surface area contributed by atoms with Gasteiger partial charge in [0.2, 0.25) is 5.91 Å². The molecule has 0 fully saturated rings. The van der Waals surface area contributed by atoms with E-state index in [1.54, 1.807) is 36.7 Å². The van der Waals surface area contributed by atoms with Gasteiger partial charge in [-0.15, -0.1) is 0 Å². The minimum Gasteiger partial charge on any atom is -0.508 e. The Morgan fingerprint density at radius 3 is 2.82 bits per heavy atom. The first-order valence-electron chi connectivity index (χ1n) is 10.8. The summed E-state index contributed by atoms with van der Waals surface area (Å²) >= 11 is 0. The number of hydrogen-bond acceptors (Lipinski definition) is 7. The summed E-state index contributed by atoms with van der Waals surface area (Å²) in [5.41, 5.74) is 1.46. The number of fused-ring (bicyclic) bond motifs is 5. The molecule has 1 amide bonds. The van der Waals surface area contributed by atoms with Crippen LogP contribution in [0.4, 0.5) is 0 Å². The molecule has 2 aliphatic rings.